The van der Waals surface area contributed by atoms with Gasteiger partial charge in [-0.05, 0) is 50.0 Å². The summed E-state index contributed by atoms with van der Waals surface area (Å²) in [7, 11) is 0. The highest BCUT2D eigenvalue weighted by Crippen LogP contribution is 2.27. The maximum absolute atomic E-state index is 11.6. The summed E-state index contributed by atoms with van der Waals surface area (Å²) in [5.41, 5.74) is 0. The molecule has 1 aliphatic carbocycles. The van der Waals surface area contributed by atoms with E-state index < -0.39 is 0 Å². The fourth-order valence-electron chi connectivity index (χ4n) is 2.18. The van der Waals surface area contributed by atoms with Gasteiger partial charge in [-0.2, -0.15) is 0 Å². The molecule has 106 valence electrons. The zero-order valence-corrected chi connectivity index (χ0v) is 11.7. The van der Waals surface area contributed by atoms with Gasteiger partial charge in [-0.3, -0.25) is 4.79 Å². The van der Waals surface area contributed by atoms with Crippen LogP contribution in [0.3, 0.4) is 0 Å². The van der Waals surface area contributed by atoms with E-state index >= 15 is 0 Å². The van der Waals surface area contributed by atoms with Crippen LogP contribution in [0.2, 0.25) is 0 Å². The molecular weight excluding hydrogens is 228 g/mol. The smallest absolute Gasteiger partial charge is 0.233 e. The Labute approximate surface area is 111 Å². The molecule has 1 saturated carbocycles. The van der Waals surface area contributed by atoms with Crippen molar-refractivity contribution in [1.29, 1.82) is 0 Å². The van der Waals surface area contributed by atoms with E-state index in [2.05, 4.69) is 24.5 Å². The fraction of sp³-hybridized carbons (Fsp3) is 0.929. The van der Waals surface area contributed by atoms with Crippen LogP contribution >= 0.6 is 0 Å². The van der Waals surface area contributed by atoms with Crippen molar-refractivity contribution in [2.24, 2.45) is 17.8 Å². The quantitative estimate of drug-likeness (QED) is 0.549. The average Bonchev–Trinajstić information content (AvgIpc) is 3.09. The molecule has 4 nitrogen and oxygen atoms in total. The molecule has 0 aromatic carbocycles. The van der Waals surface area contributed by atoms with Crippen molar-refractivity contribution in [2.45, 2.75) is 39.5 Å². The molecule has 3 N–H and O–H groups in total. The summed E-state index contributed by atoms with van der Waals surface area (Å²) >= 11 is 0. The number of carbonyl (C=O) groups excluding carboxylic acids is 1. The van der Waals surface area contributed by atoms with Crippen LogP contribution < -0.4 is 10.6 Å². The Hall–Kier alpha value is -0.610. The second-order valence-electron chi connectivity index (χ2n) is 5.89. The molecule has 0 aromatic heterocycles. The van der Waals surface area contributed by atoms with Crippen LogP contribution in [0.4, 0.5) is 0 Å². The predicted molar refractivity (Wildman–Crippen MR) is 73.3 cm³/mol. The normalized spacial score (nSPS) is 16.9. The van der Waals surface area contributed by atoms with Crippen molar-refractivity contribution in [3.05, 3.63) is 0 Å². The highest BCUT2D eigenvalue weighted by Gasteiger charge is 2.20. The van der Waals surface area contributed by atoms with E-state index in [0.29, 0.717) is 24.9 Å². The van der Waals surface area contributed by atoms with Crippen LogP contribution in [-0.2, 0) is 4.79 Å². The number of hydrogen-bond donors (Lipinski definition) is 3. The second kappa shape index (κ2) is 8.48. The van der Waals surface area contributed by atoms with Crippen LogP contribution in [0.1, 0.15) is 39.5 Å². The Morgan fingerprint density at radius 1 is 1.39 bits per heavy atom. The minimum absolute atomic E-state index is 0.0716. The molecule has 0 aliphatic heterocycles. The van der Waals surface area contributed by atoms with Crippen LogP contribution in [0, 0.1) is 17.8 Å². The monoisotopic (exact) mass is 256 g/mol. The first-order valence-electron chi connectivity index (χ1n) is 7.20. The summed E-state index contributed by atoms with van der Waals surface area (Å²) in [5.74, 6) is 1.87. The van der Waals surface area contributed by atoms with Crippen LogP contribution in [-0.4, -0.2) is 37.3 Å². The molecule has 1 atom stereocenters. The first-order valence-corrected chi connectivity index (χ1v) is 7.20. The molecule has 1 aliphatic rings. The number of nitrogens with one attached hydrogen (secondary N) is 2. The van der Waals surface area contributed by atoms with Gasteiger partial charge >= 0.3 is 0 Å². The van der Waals surface area contributed by atoms with Crippen molar-refractivity contribution in [2.75, 3.05) is 26.2 Å². The second-order valence-corrected chi connectivity index (χ2v) is 5.89. The summed E-state index contributed by atoms with van der Waals surface area (Å²) in [6, 6.07) is 0. The number of aliphatic hydroxyl groups excluding tert-OH is 1. The van der Waals surface area contributed by atoms with Gasteiger partial charge in [-0.15, -0.1) is 0 Å². The lowest BCUT2D eigenvalue weighted by Gasteiger charge is -2.18. The number of carbonyl (C=O) groups is 1. The molecule has 4 heteroatoms. The largest absolute Gasteiger partial charge is 0.396 e. The lowest BCUT2D eigenvalue weighted by molar-refractivity contribution is -0.120. The average molecular weight is 256 g/mol. The van der Waals surface area contributed by atoms with Gasteiger partial charge in [-0.25, -0.2) is 0 Å². The van der Waals surface area contributed by atoms with Crippen molar-refractivity contribution in [1.82, 2.24) is 10.6 Å². The molecular formula is C14H28N2O2. The third kappa shape index (κ3) is 7.67. The zero-order chi connectivity index (χ0) is 13.4. The number of rotatable bonds is 10. The van der Waals surface area contributed by atoms with Gasteiger partial charge in [0.2, 0.25) is 5.91 Å². The maximum atomic E-state index is 11.6. The van der Waals surface area contributed by atoms with E-state index in [9.17, 15) is 4.79 Å². The third-order valence-electron chi connectivity index (χ3n) is 3.35. The first-order chi connectivity index (χ1) is 8.61. The predicted octanol–water partition coefficient (Wildman–Crippen LogP) is 1.15. The number of amides is 1. The highest BCUT2D eigenvalue weighted by molar-refractivity contribution is 5.77. The van der Waals surface area contributed by atoms with Crippen LogP contribution in [0.5, 0.6) is 0 Å². The Bertz CT molecular complexity index is 240. The SMILES string of the molecule is CC(C)CC(CCO)CNC(=O)CNCC1CC1. The molecule has 1 unspecified atom stereocenters. The Morgan fingerprint density at radius 3 is 2.67 bits per heavy atom. The lowest BCUT2D eigenvalue weighted by atomic mass is 9.94. The van der Waals surface area contributed by atoms with E-state index in [1.54, 1.807) is 0 Å². The molecule has 0 bridgehead atoms. The van der Waals surface area contributed by atoms with Gasteiger partial charge in [-0.1, -0.05) is 13.8 Å². The minimum atomic E-state index is 0.0716. The molecule has 1 fully saturated rings. The molecule has 0 saturated heterocycles. The van der Waals surface area contributed by atoms with E-state index in [0.717, 1.165) is 25.3 Å². The zero-order valence-electron chi connectivity index (χ0n) is 11.7. The standard InChI is InChI=1S/C14H28N2O2/c1-11(2)7-13(5-6-17)9-16-14(18)10-15-8-12-3-4-12/h11-13,15,17H,3-10H2,1-2H3,(H,16,18). The topological polar surface area (TPSA) is 61.4 Å². The van der Waals surface area contributed by atoms with Gasteiger partial charge in [0.25, 0.3) is 0 Å². The third-order valence-corrected chi connectivity index (χ3v) is 3.35. The van der Waals surface area contributed by atoms with Gasteiger partial charge in [0.15, 0.2) is 0 Å². The minimum Gasteiger partial charge on any atom is -0.396 e. The molecule has 0 spiro atoms. The maximum Gasteiger partial charge on any atom is 0.233 e. The van der Waals surface area contributed by atoms with Crippen molar-refractivity contribution < 1.29 is 9.90 Å². The first kappa shape index (κ1) is 15.4. The molecule has 1 rings (SSSR count). The lowest BCUT2D eigenvalue weighted by Crippen LogP contribution is -2.37. The van der Waals surface area contributed by atoms with E-state index in [1.165, 1.54) is 12.8 Å². The molecule has 1 amide bonds. The molecule has 0 heterocycles. The fourth-order valence-corrected chi connectivity index (χ4v) is 2.18. The molecule has 0 aromatic rings. The summed E-state index contributed by atoms with van der Waals surface area (Å²) in [6.07, 6.45) is 4.44. The van der Waals surface area contributed by atoms with E-state index in [1.807, 2.05) is 0 Å². The van der Waals surface area contributed by atoms with Crippen LogP contribution in [0.25, 0.3) is 0 Å². The highest BCUT2D eigenvalue weighted by atomic mass is 16.3. The van der Waals surface area contributed by atoms with Crippen molar-refractivity contribution >= 4 is 5.91 Å². The number of aliphatic hydroxyl groups is 1. The summed E-state index contributed by atoms with van der Waals surface area (Å²) < 4.78 is 0. The Balaban J connectivity index is 2.08. The summed E-state index contributed by atoms with van der Waals surface area (Å²) in [6.45, 7) is 6.62. The van der Waals surface area contributed by atoms with Gasteiger partial charge < -0.3 is 15.7 Å². The van der Waals surface area contributed by atoms with E-state index in [-0.39, 0.29) is 12.5 Å². The Morgan fingerprint density at radius 2 is 2.11 bits per heavy atom. The summed E-state index contributed by atoms with van der Waals surface area (Å²) in [4.78, 5) is 11.6. The van der Waals surface area contributed by atoms with Gasteiger partial charge in [0, 0.05) is 13.2 Å². The van der Waals surface area contributed by atoms with E-state index in [4.69, 9.17) is 5.11 Å². The number of hydrogen-bond acceptors (Lipinski definition) is 3. The van der Waals surface area contributed by atoms with Crippen LogP contribution in [0.15, 0.2) is 0 Å². The van der Waals surface area contributed by atoms with Crippen molar-refractivity contribution in [3.63, 3.8) is 0 Å². The Kier molecular flexibility index (Phi) is 7.28. The molecule has 18 heavy (non-hydrogen) atoms. The molecule has 0 radical (unpaired) electrons. The van der Waals surface area contributed by atoms with Crippen molar-refractivity contribution in [3.8, 4) is 0 Å². The van der Waals surface area contributed by atoms with Gasteiger partial charge in [0.05, 0.1) is 6.54 Å². The summed E-state index contributed by atoms with van der Waals surface area (Å²) in [5, 5.41) is 15.1. The van der Waals surface area contributed by atoms with Gasteiger partial charge in [0.1, 0.15) is 0 Å².